The van der Waals surface area contributed by atoms with Gasteiger partial charge in [-0.25, -0.2) is 4.39 Å². The number of carbonyl (C=O) groups excluding carboxylic acids is 2. The Balaban J connectivity index is 2.15. The number of hydrogen-bond donors (Lipinski definition) is 2. The lowest BCUT2D eigenvalue weighted by atomic mass is 10.1. The summed E-state index contributed by atoms with van der Waals surface area (Å²) in [6.45, 7) is 0. The first-order chi connectivity index (χ1) is 13.3. The number of nitrogens with one attached hydrogen (secondary N) is 2. The van der Waals surface area contributed by atoms with Gasteiger partial charge in [-0.2, -0.15) is 11.8 Å². The van der Waals surface area contributed by atoms with Crippen molar-refractivity contribution >= 4 is 46.6 Å². The topological polar surface area (TPSA) is 101 Å². The van der Waals surface area contributed by atoms with Gasteiger partial charge in [0.2, 0.25) is 5.91 Å². The summed E-state index contributed by atoms with van der Waals surface area (Å²) in [5.41, 5.74) is -0.247. The molecule has 10 heteroatoms. The summed E-state index contributed by atoms with van der Waals surface area (Å²) in [7, 11) is 0. The first-order valence-electron chi connectivity index (χ1n) is 8.12. The number of nitrogens with zero attached hydrogens (tertiary/aromatic N) is 1. The minimum atomic E-state index is -0.950. The van der Waals surface area contributed by atoms with Gasteiger partial charge < -0.3 is 10.6 Å². The minimum absolute atomic E-state index is 0.0498. The summed E-state index contributed by atoms with van der Waals surface area (Å²) in [4.78, 5) is 35.3. The van der Waals surface area contributed by atoms with Crippen LogP contribution in [0.4, 0.5) is 15.8 Å². The summed E-state index contributed by atoms with van der Waals surface area (Å²) < 4.78 is 13.9. The van der Waals surface area contributed by atoms with Gasteiger partial charge in [0.1, 0.15) is 11.9 Å². The van der Waals surface area contributed by atoms with Crippen molar-refractivity contribution in [3.05, 3.63) is 69.0 Å². The molecule has 0 aliphatic heterocycles. The number of thioether (sulfide) groups is 1. The molecule has 0 aliphatic carbocycles. The maximum absolute atomic E-state index is 13.9. The number of rotatable bonds is 8. The normalized spacial score (nSPS) is 11.5. The Bertz CT molecular complexity index is 897. The van der Waals surface area contributed by atoms with Gasteiger partial charge in [-0.15, -0.1) is 0 Å². The van der Waals surface area contributed by atoms with E-state index < -0.39 is 28.6 Å². The Labute approximate surface area is 169 Å². The lowest BCUT2D eigenvalue weighted by Crippen LogP contribution is -2.44. The minimum Gasteiger partial charge on any atom is -0.340 e. The standard InChI is InChI=1S/C18H17ClFN3O4S/c1-28-8-7-16(18(25)21-15-6-5-12(19)10-14(15)20)22-17(24)11-3-2-4-13(9-11)23(26)27/h2-6,9-10,16H,7-8H2,1H3,(H,21,25)(H,22,24). The van der Waals surface area contributed by atoms with Crippen LogP contribution in [0.2, 0.25) is 5.02 Å². The van der Waals surface area contributed by atoms with Crippen LogP contribution in [0, 0.1) is 15.9 Å². The highest BCUT2D eigenvalue weighted by Crippen LogP contribution is 2.19. The number of anilines is 1. The molecule has 0 spiro atoms. The fourth-order valence-electron chi connectivity index (χ4n) is 2.32. The fourth-order valence-corrected chi connectivity index (χ4v) is 2.95. The van der Waals surface area contributed by atoms with E-state index in [2.05, 4.69) is 10.6 Å². The number of nitro groups is 1. The van der Waals surface area contributed by atoms with E-state index in [1.165, 1.54) is 42.1 Å². The van der Waals surface area contributed by atoms with Crippen LogP contribution >= 0.6 is 23.4 Å². The molecule has 7 nitrogen and oxygen atoms in total. The van der Waals surface area contributed by atoms with Gasteiger partial charge in [0, 0.05) is 22.7 Å². The number of non-ortho nitro benzene ring substituents is 1. The first-order valence-corrected chi connectivity index (χ1v) is 9.89. The Morgan fingerprint density at radius 2 is 2.04 bits per heavy atom. The molecule has 0 bridgehead atoms. The van der Waals surface area contributed by atoms with Crippen LogP contribution in [0.25, 0.3) is 0 Å². The summed E-state index contributed by atoms with van der Waals surface area (Å²) in [6, 6.07) is 8.04. The van der Waals surface area contributed by atoms with Gasteiger partial charge in [0.25, 0.3) is 11.6 Å². The number of hydrogen-bond acceptors (Lipinski definition) is 5. The average molecular weight is 426 g/mol. The molecule has 2 rings (SSSR count). The Kier molecular flexibility index (Phi) is 7.77. The maximum atomic E-state index is 13.9. The van der Waals surface area contributed by atoms with Gasteiger partial charge in [-0.3, -0.25) is 19.7 Å². The van der Waals surface area contributed by atoms with E-state index in [1.54, 1.807) is 0 Å². The molecule has 2 aromatic carbocycles. The van der Waals surface area contributed by atoms with Gasteiger partial charge in [0.15, 0.2) is 0 Å². The maximum Gasteiger partial charge on any atom is 0.270 e. The number of benzene rings is 2. The molecule has 0 heterocycles. The molecule has 2 amide bonds. The van der Waals surface area contributed by atoms with E-state index in [0.717, 1.165) is 12.1 Å². The first kappa shape index (κ1) is 21.6. The zero-order valence-corrected chi connectivity index (χ0v) is 16.3. The molecule has 0 saturated carbocycles. The van der Waals surface area contributed by atoms with Crippen LogP contribution in [0.3, 0.4) is 0 Å². The predicted molar refractivity (Wildman–Crippen MR) is 107 cm³/mol. The van der Waals surface area contributed by atoms with Crippen molar-refractivity contribution in [2.24, 2.45) is 0 Å². The van der Waals surface area contributed by atoms with E-state index in [0.29, 0.717) is 12.2 Å². The van der Waals surface area contributed by atoms with Gasteiger partial charge in [-0.05, 0) is 42.7 Å². The molecule has 2 N–H and O–H groups in total. The number of nitro benzene ring substituents is 1. The van der Waals surface area contributed by atoms with Crippen LogP contribution in [-0.4, -0.2) is 34.8 Å². The summed E-state index contributed by atoms with van der Waals surface area (Å²) in [6.07, 6.45) is 2.14. The molecule has 0 aliphatic rings. The van der Waals surface area contributed by atoms with E-state index in [4.69, 9.17) is 11.6 Å². The van der Waals surface area contributed by atoms with Gasteiger partial charge >= 0.3 is 0 Å². The summed E-state index contributed by atoms with van der Waals surface area (Å²) in [5.74, 6) is -1.37. The Morgan fingerprint density at radius 3 is 2.68 bits per heavy atom. The highest BCUT2D eigenvalue weighted by atomic mass is 35.5. The lowest BCUT2D eigenvalue weighted by Gasteiger charge is -2.18. The molecular formula is C18H17ClFN3O4S. The van der Waals surface area contributed by atoms with E-state index >= 15 is 0 Å². The fraction of sp³-hybridized carbons (Fsp3) is 0.222. The molecule has 0 radical (unpaired) electrons. The van der Waals surface area contributed by atoms with Crippen molar-refractivity contribution in [1.29, 1.82) is 0 Å². The Hall–Kier alpha value is -2.65. The Morgan fingerprint density at radius 1 is 1.29 bits per heavy atom. The number of halogens is 2. The lowest BCUT2D eigenvalue weighted by molar-refractivity contribution is -0.384. The third kappa shape index (κ3) is 5.93. The van der Waals surface area contributed by atoms with Crippen LogP contribution < -0.4 is 10.6 Å². The number of carbonyl (C=O) groups is 2. The summed E-state index contributed by atoms with van der Waals surface area (Å²) >= 11 is 7.17. The van der Waals surface area contributed by atoms with Crippen molar-refractivity contribution in [1.82, 2.24) is 5.32 Å². The molecule has 0 aromatic heterocycles. The molecule has 28 heavy (non-hydrogen) atoms. The van der Waals surface area contributed by atoms with Crippen LogP contribution in [-0.2, 0) is 4.79 Å². The highest BCUT2D eigenvalue weighted by Gasteiger charge is 2.23. The third-order valence-corrected chi connectivity index (χ3v) is 4.62. The molecule has 2 aromatic rings. The SMILES string of the molecule is CSCCC(NC(=O)c1cccc([N+](=O)[O-])c1)C(=O)Nc1ccc(Cl)cc1F. The molecular weight excluding hydrogens is 409 g/mol. The van der Waals surface area contributed by atoms with Crippen LogP contribution in [0.5, 0.6) is 0 Å². The largest absolute Gasteiger partial charge is 0.340 e. The van der Waals surface area contributed by atoms with Crippen LogP contribution in [0.15, 0.2) is 42.5 Å². The number of amides is 2. The smallest absolute Gasteiger partial charge is 0.270 e. The van der Waals surface area contributed by atoms with Crippen molar-refractivity contribution in [3.8, 4) is 0 Å². The molecule has 0 saturated heterocycles. The van der Waals surface area contributed by atoms with E-state index in [1.807, 2.05) is 6.26 Å². The second-order valence-corrected chi connectivity index (χ2v) is 7.15. The van der Waals surface area contributed by atoms with Crippen molar-refractivity contribution < 1.29 is 18.9 Å². The highest BCUT2D eigenvalue weighted by molar-refractivity contribution is 7.98. The molecule has 0 fully saturated rings. The van der Waals surface area contributed by atoms with Gasteiger partial charge in [0.05, 0.1) is 10.6 Å². The van der Waals surface area contributed by atoms with E-state index in [-0.39, 0.29) is 22.0 Å². The molecule has 1 unspecified atom stereocenters. The predicted octanol–water partition coefficient (Wildman–Crippen LogP) is 3.88. The second kappa shape index (κ2) is 10.0. The molecule has 148 valence electrons. The zero-order valence-electron chi connectivity index (χ0n) is 14.8. The van der Waals surface area contributed by atoms with Gasteiger partial charge in [-0.1, -0.05) is 17.7 Å². The van der Waals surface area contributed by atoms with Crippen LogP contribution in [0.1, 0.15) is 16.8 Å². The van der Waals surface area contributed by atoms with Crippen molar-refractivity contribution in [2.75, 3.05) is 17.3 Å². The molecule has 1 atom stereocenters. The summed E-state index contributed by atoms with van der Waals surface area (Å²) in [5, 5.41) is 16.0. The average Bonchev–Trinajstić information content (AvgIpc) is 2.67. The quantitative estimate of drug-likeness (QED) is 0.493. The van der Waals surface area contributed by atoms with Crippen molar-refractivity contribution in [3.63, 3.8) is 0 Å². The zero-order chi connectivity index (χ0) is 20.7. The monoisotopic (exact) mass is 425 g/mol. The van der Waals surface area contributed by atoms with E-state index in [9.17, 15) is 24.1 Å². The van der Waals surface area contributed by atoms with Crippen molar-refractivity contribution in [2.45, 2.75) is 12.5 Å². The third-order valence-electron chi connectivity index (χ3n) is 3.74. The second-order valence-electron chi connectivity index (χ2n) is 5.73.